The van der Waals surface area contributed by atoms with Crippen molar-refractivity contribution in [2.24, 2.45) is 0 Å². The normalized spacial score (nSPS) is 14.9. The van der Waals surface area contributed by atoms with E-state index in [1.807, 2.05) is 31.2 Å². The van der Waals surface area contributed by atoms with Gasteiger partial charge in [-0.3, -0.25) is 13.9 Å². The van der Waals surface area contributed by atoms with E-state index in [4.69, 9.17) is 11.6 Å². The zero-order valence-corrected chi connectivity index (χ0v) is 22.8. The van der Waals surface area contributed by atoms with Crippen LogP contribution in [0, 0.1) is 6.92 Å². The zero-order valence-electron chi connectivity index (χ0n) is 21.2. The molecule has 3 rings (SSSR count). The molecule has 0 aliphatic heterocycles. The monoisotopic (exact) mass is 533 g/mol. The second kappa shape index (κ2) is 12.6. The third-order valence-corrected chi connectivity index (χ3v) is 8.15. The number of nitrogens with zero attached hydrogens (tertiary/aromatic N) is 2. The predicted octanol–water partition coefficient (Wildman–Crippen LogP) is 4.67. The molecule has 2 aromatic rings. The Morgan fingerprint density at radius 3 is 2.44 bits per heavy atom. The van der Waals surface area contributed by atoms with Gasteiger partial charge in [-0.05, 0) is 62.4 Å². The fourth-order valence-electron chi connectivity index (χ4n) is 4.58. The van der Waals surface area contributed by atoms with E-state index in [2.05, 4.69) is 5.32 Å². The van der Waals surface area contributed by atoms with Crippen molar-refractivity contribution in [2.45, 2.75) is 71.0 Å². The van der Waals surface area contributed by atoms with Gasteiger partial charge in [-0.2, -0.15) is 0 Å². The first kappa shape index (κ1) is 28.0. The molecule has 0 aromatic heterocycles. The molecule has 0 bridgehead atoms. The Hall–Kier alpha value is -2.58. The summed E-state index contributed by atoms with van der Waals surface area (Å²) in [5, 5.41) is 3.54. The first-order valence-corrected chi connectivity index (χ1v) is 14.7. The molecule has 0 radical (unpaired) electrons. The first-order valence-electron chi connectivity index (χ1n) is 12.4. The van der Waals surface area contributed by atoms with Crippen LogP contribution in [0.2, 0.25) is 5.02 Å². The lowest BCUT2D eigenvalue weighted by molar-refractivity contribution is -0.141. The van der Waals surface area contributed by atoms with Gasteiger partial charge in [-0.15, -0.1) is 0 Å². The van der Waals surface area contributed by atoms with Crippen LogP contribution >= 0.6 is 11.6 Å². The quantitative estimate of drug-likeness (QED) is 0.454. The molecule has 2 aromatic carbocycles. The van der Waals surface area contributed by atoms with E-state index in [-0.39, 0.29) is 30.8 Å². The number of benzene rings is 2. The number of aryl methyl sites for hydroxylation is 1. The van der Waals surface area contributed by atoms with Crippen molar-refractivity contribution < 1.29 is 18.0 Å². The Balaban J connectivity index is 1.72. The van der Waals surface area contributed by atoms with Crippen molar-refractivity contribution in [1.29, 1.82) is 0 Å². The Bertz CT molecular complexity index is 1170. The molecule has 1 aliphatic rings. The summed E-state index contributed by atoms with van der Waals surface area (Å²) in [5.41, 5.74) is 2.48. The molecular weight excluding hydrogens is 498 g/mol. The van der Waals surface area contributed by atoms with Crippen LogP contribution in [0.15, 0.2) is 48.5 Å². The van der Waals surface area contributed by atoms with Crippen molar-refractivity contribution in [2.75, 3.05) is 17.1 Å². The minimum Gasteiger partial charge on any atom is -0.352 e. The van der Waals surface area contributed by atoms with E-state index < -0.39 is 16.1 Å². The second-order valence-corrected chi connectivity index (χ2v) is 11.9. The zero-order chi connectivity index (χ0) is 26.3. The van der Waals surface area contributed by atoms with Crippen LogP contribution in [-0.2, 0) is 26.2 Å². The highest BCUT2D eigenvalue weighted by Gasteiger charge is 2.29. The van der Waals surface area contributed by atoms with Gasteiger partial charge in [0.2, 0.25) is 21.8 Å². The first-order chi connectivity index (χ1) is 17.1. The highest BCUT2D eigenvalue weighted by Crippen LogP contribution is 2.23. The largest absolute Gasteiger partial charge is 0.352 e. The molecule has 1 unspecified atom stereocenters. The Kier molecular flexibility index (Phi) is 9.79. The fraction of sp³-hybridized carbons (Fsp3) is 0.481. The van der Waals surface area contributed by atoms with Crippen molar-refractivity contribution in [3.63, 3.8) is 0 Å². The Morgan fingerprint density at radius 2 is 1.81 bits per heavy atom. The summed E-state index contributed by atoms with van der Waals surface area (Å²) < 4.78 is 26.1. The predicted molar refractivity (Wildman–Crippen MR) is 144 cm³/mol. The summed E-state index contributed by atoms with van der Waals surface area (Å²) in [5.74, 6) is -0.340. The van der Waals surface area contributed by atoms with Crippen LogP contribution in [0.25, 0.3) is 0 Å². The molecule has 0 heterocycles. The average molecular weight is 534 g/mol. The van der Waals surface area contributed by atoms with E-state index >= 15 is 0 Å². The molecule has 9 heteroatoms. The van der Waals surface area contributed by atoms with Crippen LogP contribution in [0.1, 0.15) is 56.6 Å². The molecule has 1 fully saturated rings. The van der Waals surface area contributed by atoms with Gasteiger partial charge in [0.25, 0.3) is 0 Å². The number of anilines is 1. The van der Waals surface area contributed by atoms with Gasteiger partial charge in [0.15, 0.2) is 0 Å². The van der Waals surface area contributed by atoms with Gasteiger partial charge >= 0.3 is 0 Å². The standard InChI is InChI=1S/C27H36ClN3O4S/c1-20-10-4-5-11-22(20)19-30(21(2)27(33)29-24-13-6-7-14-24)26(32)16-9-17-31(36(3,34)35)25-15-8-12-23(28)18-25/h4-5,8,10-12,15,18,21,24H,6-7,9,13-14,16-17,19H2,1-3H3,(H,29,33). The molecule has 0 saturated heterocycles. The number of carbonyl (C=O) groups excluding carboxylic acids is 2. The molecule has 7 nitrogen and oxygen atoms in total. The number of amides is 2. The maximum Gasteiger partial charge on any atom is 0.242 e. The van der Waals surface area contributed by atoms with Crippen LogP contribution < -0.4 is 9.62 Å². The van der Waals surface area contributed by atoms with Crippen molar-refractivity contribution >= 4 is 39.1 Å². The molecule has 36 heavy (non-hydrogen) atoms. The topological polar surface area (TPSA) is 86.8 Å². The van der Waals surface area contributed by atoms with Gasteiger partial charge in [0.1, 0.15) is 6.04 Å². The molecule has 1 N–H and O–H groups in total. The Morgan fingerprint density at radius 1 is 1.11 bits per heavy atom. The van der Waals surface area contributed by atoms with Crippen LogP contribution in [0.3, 0.4) is 0 Å². The highest BCUT2D eigenvalue weighted by molar-refractivity contribution is 7.92. The average Bonchev–Trinajstić information content (AvgIpc) is 3.33. The third kappa shape index (κ3) is 7.71. The second-order valence-electron chi connectivity index (χ2n) is 9.53. The van der Waals surface area contributed by atoms with Crippen LogP contribution in [-0.4, -0.2) is 50.0 Å². The third-order valence-electron chi connectivity index (χ3n) is 6.72. The van der Waals surface area contributed by atoms with E-state index in [0.29, 0.717) is 23.7 Å². The smallest absolute Gasteiger partial charge is 0.242 e. The lowest BCUT2D eigenvalue weighted by Gasteiger charge is -2.30. The molecule has 1 atom stereocenters. The fourth-order valence-corrected chi connectivity index (χ4v) is 5.72. The van der Waals surface area contributed by atoms with E-state index in [1.54, 1.807) is 36.1 Å². The molecule has 2 amide bonds. The van der Waals surface area contributed by atoms with E-state index in [9.17, 15) is 18.0 Å². The summed E-state index contributed by atoms with van der Waals surface area (Å²) in [6.45, 7) is 4.19. The maximum absolute atomic E-state index is 13.4. The maximum atomic E-state index is 13.4. The van der Waals surface area contributed by atoms with Crippen LogP contribution in [0.4, 0.5) is 5.69 Å². The number of nitrogens with one attached hydrogen (secondary N) is 1. The summed E-state index contributed by atoms with van der Waals surface area (Å²) in [7, 11) is -3.56. The number of carbonyl (C=O) groups is 2. The SMILES string of the molecule is Cc1ccccc1CN(C(=O)CCCN(c1cccc(Cl)c1)S(C)(=O)=O)C(C)C(=O)NC1CCCC1. The number of hydrogen-bond acceptors (Lipinski definition) is 4. The number of halogens is 1. The summed E-state index contributed by atoms with van der Waals surface area (Å²) >= 11 is 6.06. The summed E-state index contributed by atoms with van der Waals surface area (Å²) in [6, 6.07) is 14.0. The minimum absolute atomic E-state index is 0.111. The lowest BCUT2D eigenvalue weighted by Crippen LogP contribution is -2.49. The number of sulfonamides is 1. The summed E-state index contributed by atoms with van der Waals surface area (Å²) in [4.78, 5) is 28.1. The Labute approximate surface area is 219 Å². The van der Waals surface area contributed by atoms with Gasteiger partial charge in [-0.1, -0.05) is 54.8 Å². The van der Waals surface area contributed by atoms with E-state index in [1.165, 1.54) is 4.31 Å². The molecular formula is C27H36ClN3O4S. The minimum atomic E-state index is -3.56. The van der Waals surface area contributed by atoms with Gasteiger partial charge < -0.3 is 10.2 Å². The van der Waals surface area contributed by atoms with Gasteiger partial charge in [-0.25, -0.2) is 8.42 Å². The molecule has 0 spiro atoms. The van der Waals surface area contributed by atoms with Crippen molar-refractivity contribution in [3.8, 4) is 0 Å². The highest BCUT2D eigenvalue weighted by atomic mass is 35.5. The van der Waals surface area contributed by atoms with Gasteiger partial charge in [0.05, 0.1) is 11.9 Å². The molecule has 1 aliphatic carbocycles. The van der Waals surface area contributed by atoms with Crippen molar-refractivity contribution in [3.05, 3.63) is 64.7 Å². The van der Waals surface area contributed by atoms with Crippen LogP contribution in [0.5, 0.6) is 0 Å². The number of hydrogen-bond donors (Lipinski definition) is 1. The summed E-state index contributed by atoms with van der Waals surface area (Å²) in [6.07, 6.45) is 5.70. The van der Waals surface area contributed by atoms with E-state index in [0.717, 1.165) is 43.1 Å². The molecule has 1 saturated carbocycles. The molecule has 196 valence electrons. The number of rotatable bonds is 11. The lowest BCUT2D eigenvalue weighted by atomic mass is 10.1. The van der Waals surface area contributed by atoms with Crippen molar-refractivity contribution in [1.82, 2.24) is 10.2 Å². The van der Waals surface area contributed by atoms with Gasteiger partial charge in [0, 0.05) is 30.6 Å².